The number of imide groups is 2. The summed E-state index contributed by atoms with van der Waals surface area (Å²) in [6.07, 6.45) is 5.10. The summed E-state index contributed by atoms with van der Waals surface area (Å²) in [7, 11) is 0. The van der Waals surface area contributed by atoms with Gasteiger partial charge in [0.2, 0.25) is 11.8 Å². The molecular formula is C44H42N6O10. The highest BCUT2D eigenvalue weighted by atomic mass is 16.5. The molecule has 0 spiro atoms. The molecule has 0 saturated heterocycles. The lowest BCUT2D eigenvalue weighted by Crippen LogP contribution is -2.52. The van der Waals surface area contributed by atoms with Gasteiger partial charge in [0, 0.05) is 55.8 Å². The van der Waals surface area contributed by atoms with Crippen molar-refractivity contribution in [2.75, 3.05) is 26.3 Å². The number of hydrogen-bond donors (Lipinski definition) is 2. The molecule has 0 bridgehead atoms. The van der Waals surface area contributed by atoms with Crippen molar-refractivity contribution in [2.45, 2.75) is 52.6 Å². The molecule has 3 aromatic carbocycles. The predicted octanol–water partition coefficient (Wildman–Crippen LogP) is 4.24. The lowest BCUT2D eigenvalue weighted by atomic mass is 9.85. The summed E-state index contributed by atoms with van der Waals surface area (Å²) in [5, 5.41) is 7.63. The molecule has 2 unspecified atom stereocenters. The van der Waals surface area contributed by atoms with Gasteiger partial charge in [0.15, 0.2) is 0 Å². The minimum atomic E-state index is -1.27. The van der Waals surface area contributed by atoms with Crippen molar-refractivity contribution in [3.63, 3.8) is 0 Å². The Kier molecular flexibility index (Phi) is 11.1. The van der Waals surface area contributed by atoms with Crippen molar-refractivity contribution >= 4 is 90.7 Å². The van der Waals surface area contributed by atoms with E-state index in [0.717, 1.165) is 22.0 Å². The maximum absolute atomic E-state index is 14.3. The van der Waals surface area contributed by atoms with Crippen LogP contribution in [0.1, 0.15) is 82.0 Å². The fourth-order valence-electron chi connectivity index (χ4n) is 8.02. The molecule has 2 aromatic heterocycles. The van der Waals surface area contributed by atoms with Gasteiger partial charge in [-0.15, -0.1) is 0 Å². The van der Waals surface area contributed by atoms with Crippen LogP contribution in [0.15, 0.2) is 62.0 Å². The standard InChI is InChI=1S/C44H42N6O10/c1-7-31(51)45-13-15-59-43(57)29(17-21(3)4)49-39(53)25-11-9-23-35-33(25)27(41(49)55)19-47-37(35)24-10-12-26-34-28(20-48-38(23)36(24)34)42(56)50(40(26)54)30(18-22(5)6)44(58)60-16-14-46-32(52)8-2/h7-12,19-22,29-30H,1-2,13-18H2,3-6H3,(H,45,51)(H,46,52). The van der Waals surface area contributed by atoms with E-state index in [-0.39, 0.29) is 73.2 Å². The summed E-state index contributed by atoms with van der Waals surface area (Å²) in [4.78, 5) is 119. The fraction of sp³-hybridized carbons (Fsp3) is 0.318. The van der Waals surface area contributed by atoms with Crippen LogP contribution in [0.3, 0.4) is 0 Å². The van der Waals surface area contributed by atoms with E-state index in [1.165, 1.54) is 12.4 Å². The highest BCUT2D eigenvalue weighted by molar-refractivity contribution is 6.40. The first kappa shape index (κ1) is 41.1. The zero-order valence-corrected chi connectivity index (χ0v) is 33.5. The van der Waals surface area contributed by atoms with Crippen LogP contribution >= 0.6 is 0 Å². The Morgan fingerprint density at radius 2 is 0.967 bits per heavy atom. The van der Waals surface area contributed by atoms with Crippen LogP contribution in [0, 0.1) is 11.8 Å². The van der Waals surface area contributed by atoms with Crippen LogP contribution < -0.4 is 10.6 Å². The third kappa shape index (κ3) is 6.96. The van der Waals surface area contributed by atoms with E-state index in [4.69, 9.17) is 19.4 Å². The summed E-state index contributed by atoms with van der Waals surface area (Å²) in [5.74, 6) is -5.60. The van der Waals surface area contributed by atoms with E-state index < -0.39 is 59.5 Å². The van der Waals surface area contributed by atoms with E-state index in [1.54, 1.807) is 24.3 Å². The molecular weight excluding hydrogens is 773 g/mol. The Morgan fingerprint density at radius 1 is 0.600 bits per heavy atom. The van der Waals surface area contributed by atoms with Crippen LogP contribution in [-0.4, -0.2) is 106 Å². The number of benzene rings is 3. The van der Waals surface area contributed by atoms with Crippen LogP contribution in [0.4, 0.5) is 0 Å². The number of aromatic nitrogens is 2. The summed E-state index contributed by atoms with van der Waals surface area (Å²) in [6.45, 7) is 13.8. The quantitative estimate of drug-likeness (QED) is 0.0358. The number of nitrogens with one attached hydrogen (secondary N) is 2. The molecule has 7 rings (SSSR count). The highest BCUT2D eigenvalue weighted by Gasteiger charge is 2.45. The lowest BCUT2D eigenvalue weighted by Gasteiger charge is -2.34. The molecule has 2 aliphatic rings. The third-order valence-corrected chi connectivity index (χ3v) is 10.6. The normalized spacial score (nSPS) is 14.7. The van der Waals surface area contributed by atoms with E-state index in [9.17, 15) is 38.4 Å². The van der Waals surface area contributed by atoms with Crippen LogP contribution in [-0.2, 0) is 28.7 Å². The molecule has 5 aromatic rings. The molecule has 0 saturated carbocycles. The molecule has 0 radical (unpaired) electrons. The van der Waals surface area contributed by atoms with Gasteiger partial charge in [-0.2, -0.15) is 0 Å². The van der Waals surface area contributed by atoms with Crippen molar-refractivity contribution in [2.24, 2.45) is 11.8 Å². The molecule has 6 amide bonds. The van der Waals surface area contributed by atoms with Crippen molar-refractivity contribution in [3.05, 3.63) is 84.2 Å². The number of rotatable bonds is 16. The van der Waals surface area contributed by atoms with Crippen molar-refractivity contribution in [1.82, 2.24) is 30.4 Å². The Morgan fingerprint density at radius 3 is 1.32 bits per heavy atom. The minimum Gasteiger partial charge on any atom is -0.462 e. The predicted molar refractivity (Wildman–Crippen MR) is 219 cm³/mol. The first-order chi connectivity index (χ1) is 28.7. The van der Waals surface area contributed by atoms with Gasteiger partial charge in [-0.05, 0) is 49.0 Å². The minimum absolute atomic E-state index is 0.00348. The van der Waals surface area contributed by atoms with Gasteiger partial charge in [-0.3, -0.25) is 48.5 Å². The average Bonchev–Trinajstić information content (AvgIpc) is 3.22. The first-order valence-electron chi connectivity index (χ1n) is 19.5. The number of esters is 2. The van der Waals surface area contributed by atoms with Crippen molar-refractivity contribution in [3.8, 4) is 0 Å². The Hall–Kier alpha value is -7.10. The summed E-state index contributed by atoms with van der Waals surface area (Å²) in [6, 6.07) is 3.91. The smallest absolute Gasteiger partial charge is 0.329 e. The Balaban J connectivity index is 1.28. The summed E-state index contributed by atoms with van der Waals surface area (Å²) in [5.41, 5.74) is 1.28. The molecule has 308 valence electrons. The molecule has 16 heteroatoms. The monoisotopic (exact) mass is 814 g/mol. The van der Waals surface area contributed by atoms with E-state index in [2.05, 4.69) is 23.8 Å². The number of pyridine rings is 2. The van der Waals surface area contributed by atoms with Gasteiger partial charge in [-0.25, -0.2) is 9.59 Å². The van der Waals surface area contributed by atoms with E-state index in [1.807, 2.05) is 27.7 Å². The largest absolute Gasteiger partial charge is 0.462 e. The number of fused-ring (bicyclic) bond motifs is 2. The van der Waals surface area contributed by atoms with Gasteiger partial charge in [0.25, 0.3) is 23.6 Å². The number of ether oxygens (including phenoxy) is 2. The summed E-state index contributed by atoms with van der Waals surface area (Å²) < 4.78 is 10.9. The number of hydrogen-bond acceptors (Lipinski definition) is 12. The highest BCUT2D eigenvalue weighted by Crippen LogP contribution is 2.45. The molecule has 0 fully saturated rings. The SMILES string of the molecule is C=CC(=O)NCCOC(=O)C(CC(C)C)N1C(=O)c2ccc3c4ncc5c6c(ccc(c7ncc(c2c37)C1=O)c64)C(=O)N(C(CC(C)C)C(=O)OCCNC(=O)C=C)C5=O. The summed E-state index contributed by atoms with van der Waals surface area (Å²) >= 11 is 0. The molecule has 16 nitrogen and oxygen atoms in total. The van der Waals surface area contributed by atoms with Crippen LogP contribution in [0.2, 0.25) is 0 Å². The van der Waals surface area contributed by atoms with Gasteiger partial charge in [0.05, 0.1) is 35.2 Å². The number of nitrogens with zero attached hydrogens (tertiary/aromatic N) is 4. The average molecular weight is 815 g/mol. The fourth-order valence-corrected chi connectivity index (χ4v) is 8.02. The molecule has 0 aliphatic carbocycles. The van der Waals surface area contributed by atoms with Gasteiger partial charge in [0.1, 0.15) is 25.3 Å². The number of carbonyl (C=O) groups is 8. The molecule has 2 N–H and O–H groups in total. The van der Waals surface area contributed by atoms with Gasteiger partial charge in [-0.1, -0.05) is 53.0 Å². The lowest BCUT2D eigenvalue weighted by molar-refractivity contribution is -0.149. The Bertz CT molecular complexity index is 2400. The van der Waals surface area contributed by atoms with E-state index >= 15 is 0 Å². The topological polar surface area (TPSA) is 211 Å². The molecule has 2 atom stereocenters. The first-order valence-corrected chi connectivity index (χ1v) is 19.5. The van der Waals surface area contributed by atoms with Crippen molar-refractivity contribution < 1.29 is 47.8 Å². The van der Waals surface area contributed by atoms with Gasteiger partial charge < -0.3 is 20.1 Å². The maximum Gasteiger partial charge on any atom is 0.329 e. The van der Waals surface area contributed by atoms with Crippen LogP contribution in [0.25, 0.3) is 43.4 Å². The molecule has 2 aliphatic heterocycles. The maximum atomic E-state index is 14.3. The molecule has 4 heterocycles. The zero-order chi connectivity index (χ0) is 43.2. The second-order valence-corrected chi connectivity index (χ2v) is 15.4. The number of carbonyl (C=O) groups excluding carboxylic acids is 8. The van der Waals surface area contributed by atoms with Crippen molar-refractivity contribution in [1.29, 1.82) is 0 Å². The van der Waals surface area contributed by atoms with Gasteiger partial charge >= 0.3 is 11.9 Å². The van der Waals surface area contributed by atoms with Crippen LogP contribution in [0.5, 0.6) is 0 Å². The second-order valence-electron chi connectivity index (χ2n) is 15.4. The van der Waals surface area contributed by atoms with E-state index in [0.29, 0.717) is 43.4 Å². The molecule has 60 heavy (non-hydrogen) atoms. The third-order valence-electron chi connectivity index (χ3n) is 10.6. The zero-order valence-electron chi connectivity index (χ0n) is 33.5. The Labute approximate surface area is 343 Å². The number of amides is 6. The second kappa shape index (κ2) is 16.3.